The summed E-state index contributed by atoms with van der Waals surface area (Å²) >= 11 is 0. The number of pyridine rings is 1. The fourth-order valence-corrected chi connectivity index (χ4v) is 1.65. The normalized spacial score (nSPS) is 9.93. The molecule has 0 saturated carbocycles. The van der Waals surface area contributed by atoms with Crippen LogP contribution in [0.1, 0.15) is 11.1 Å². The van der Waals surface area contributed by atoms with Crippen molar-refractivity contribution in [3.8, 4) is 11.3 Å². The van der Waals surface area contributed by atoms with Gasteiger partial charge in [-0.15, -0.1) is 0 Å². The molecule has 1 nitrogen and oxygen atoms in total. The number of benzene rings is 1. The van der Waals surface area contributed by atoms with Gasteiger partial charge in [-0.25, -0.2) is 0 Å². The van der Waals surface area contributed by atoms with Gasteiger partial charge in [0.2, 0.25) is 0 Å². The van der Waals surface area contributed by atoms with E-state index in [9.17, 15) is 0 Å². The van der Waals surface area contributed by atoms with Crippen LogP contribution in [-0.4, -0.2) is 4.98 Å². The van der Waals surface area contributed by atoms with Crippen LogP contribution in [0.3, 0.4) is 0 Å². The molecule has 0 saturated heterocycles. The van der Waals surface area contributed by atoms with Crippen LogP contribution in [-0.2, 0) is 0 Å². The van der Waals surface area contributed by atoms with Gasteiger partial charge in [0, 0.05) is 17.3 Å². The molecule has 2 aromatic rings. The predicted molar refractivity (Wildman–Crippen MR) is 64.5 cm³/mol. The molecule has 1 aromatic carbocycles. The van der Waals surface area contributed by atoms with E-state index in [-0.39, 0.29) is 0 Å². The summed E-state index contributed by atoms with van der Waals surface area (Å²) in [5, 5.41) is 0. The Balaban J connectivity index is 2.64. The van der Waals surface area contributed by atoms with E-state index < -0.39 is 0 Å². The third-order valence-electron chi connectivity index (χ3n) is 2.46. The highest BCUT2D eigenvalue weighted by Gasteiger charge is 2.05. The fraction of sp³-hybridized carbons (Fsp3) is 0.0714. The molecule has 0 radical (unpaired) electrons. The molecular weight excluding hydrogens is 182 g/mol. The monoisotopic (exact) mass is 195 g/mol. The lowest BCUT2D eigenvalue weighted by Crippen LogP contribution is -1.89. The van der Waals surface area contributed by atoms with Gasteiger partial charge in [-0.2, -0.15) is 0 Å². The minimum atomic E-state index is 1.01. The summed E-state index contributed by atoms with van der Waals surface area (Å²) in [6, 6.07) is 12.2. The summed E-state index contributed by atoms with van der Waals surface area (Å²) in [5.74, 6) is 0. The third-order valence-corrected chi connectivity index (χ3v) is 2.46. The molecule has 0 aliphatic carbocycles. The van der Waals surface area contributed by atoms with Crippen molar-refractivity contribution < 1.29 is 0 Å². The van der Waals surface area contributed by atoms with Crippen molar-refractivity contribution in [3.63, 3.8) is 0 Å². The lowest BCUT2D eigenvalue weighted by Gasteiger charge is -2.07. The quantitative estimate of drug-likeness (QED) is 0.712. The minimum Gasteiger partial charge on any atom is -0.256 e. The molecule has 0 bridgehead atoms. The van der Waals surface area contributed by atoms with Crippen LogP contribution in [0, 0.1) is 6.92 Å². The molecule has 0 spiro atoms. The van der Waals surface area contributed by atoms with Gasteiger partial charge in [-0.1, -0.05) is 43.0 Å². The summed E-state index contributed by atoms with van der Waals surface area (Å²) in [6.07, 6.45) is 3.66. The summed E-state index contributed by atoms with van der Waals surface area (Å²) in [6.45, 7) is 5.90. The van der Waals surface area contributed by atoms with E-state index in [1.54, 1.807) is 0 Å². The Kier molecular flexibility index (Phi) is 2.64. The summed E-state index contributed by atoms with van der Waals surface area (Å²) in [7, 11) is 0. The minimum absolute atomic E-state index is 1.01. The van der Waals surface area contributed by atoms with Crippen molar-refractivity contribution in [2.45, 2.75) is 6.92 Å². The zero-order valence-corrected chi connectivity index (χ0v) is 8.77. The fourth-order valence-electron chi connectivity index (χ4n) is 1.65. The van der Waals surface area contributed by atoms with Gasteiger partial charge in [0.25, 0.3) is 0 Å². The van der Waals surface area contributed by atoms with E-state index in [0.29, 0.717) is 0 Å². The van der Waals surface area contributed by atoms with Gasteiger partial charge in [0.1, 0.15) is 0 Å². The van der Waals surface area contributed by atoms with E-state index in [0.717, 1.165) is 11.3 Å². The van der Waals surface area contributed by atoms with Gasteiger partial charge in [-0.3, -0.25) is 4.98 Å². The van der Waals surface area contributed by atoms with E-state index >= 15 is 0 Å². The second kappa shape index (κ2) is 4.09. The molecule has 0 atom stereocenters. The molecule has 74 valence electrons. The van der Waals surface area contributed by atoms with Gasteiger partial charge in [0.05, 0.1) is 5.69 Å². The van der Waals surface area contributed by atoms with Gasteiger partial charge in [0.15, 0.2) is 0 Å². The molecule has 0 fully saturated rings. The highest BCUT2D eigenvalue weighted by Crippen LogP contribution is 2.24. The van der Waals surface area contributed by atoms with E-state index in [2.05, 4.69) is 30.6 Å². The van der Waals surface area contributed by atoms with Crippen LogP contribution in [0.15, 0.2) is 49.2 Å². The van der Waals surface area contributed by atoms with E-state index in [4.69, 9.17) is 0 Å². The Hall–Kier alpha value is -1.89. The lowest BCUT2D eigenvalue weighted by molar-refractivity contribution is 1.30. The Morgan fingerprint density at radius 3 is 2.67 bits per heavy atom. The van der Waals surface area contributed by atoms with E-state index in [1.807, 2.05) is 36.5 Å². The molecule has 1 heteroatoms. The average Bonchev–Trinajstić information content (AvgIpc) is 2.30. The second-order valence-electron chi connectivity index (χ2n) is 3.46. The zero-order chi connectivity index (χ0) is 10.7. The number of rotatable bonds is 2. The number of nitrogens with zero attached hydrogens (tertiary/aromatic N) is 1. The van der Waals surface area contributed by atoms with Crippen molar-refractivity contribution in [2.75, 3.05) is 0 Å². The topological polar surface area (TPSA) is 12.9 Å². The summed E-state index contributed by atoms with van der Waals surface area (Å²) in [4.78, 5) is 4.41. The van der Waals surface area contributed by atoms with Gasteiger partial charge < -0.3 is 0 Å². The summed E-state index contributed by atoms with van der Waals surface area (Å²) < 4.78 is 0. The first-order valence-electron chi connectivity index (χ1n) is 4.96. The largest absolute Gasteiger partial charge is 0.256 e. The number of aromatic nitrogens is 1. The first-order valence-corrected chi connectivity index (χ1v) is 4.96. The Bertz CT molecular complexity index is 486. The molecule has 0 aliphatic rings. The predicted octanol–water partition coefficient (Wildman–Crippen LogP) is 3.70. The molecule has 1 aromatic heterocycles. The number of hydrogen-bond donors (Lipinski definition) is 0. The van der Waals surface area contributed by atoms with Crippen molar-refractivity contribution in [1.82, 2.24) is 4.98 Å². The maximum atomic E-state index is 4.41. The standard InChI is InChI=1S/C14H13N/c1-3-12-8-6-10-15-14(12)13-9-5-4-7-11(13)2/h3-10H,1H2,2H3. The molecule has 0 amide bonds. The highest BCUT2D eigenvalue weighted by atomic mass is 14.7. The SMILES string of the molecule is C=Cc1cccnc1-c1ccccc1C. The zero-order valence-electron chi connectivity index (χ0n) is 8.77. The summed E-state index contributed by atoms with van der Waals surface area (Å²) in [5.41, 5.74) is 4.49. The average molecular weight is 195 g/mol. The van der Waals surface area contributed by atoms with Crippen molar-refractivity contribution >= 4 is 6.08 Å². The Morgan fingerprint density at radius 2 is 1.93 bits per heavy atom. The molecule has 15 heavy (non-hydrogen) atoms. The lowest BCUT2D eigenvalue weighted by atomic mass is 10.0. The second-order valence-corrected chi connectivity index (χ2v) is 3.46. The van der Waals surface area contributed by atoms with Crippen molar-refractivity contribution in [3.05, 3.63) is 60.3 Å². The highest BCUT2D eigenvalue weighted by molar-refractivity contribution is 5.73. The molecule has 0 unspecified atom stereocenters. The Morgan fingerprint density at radius 1 is 1.13 bits per heavy atom. The van der Waals surface area contributed by atoms with Crippen LogP contribution in [0.2, 0.25) is 0 Å². The van der Waals surface area contributed by atoms with Crippen LogP contribution < -0.4 is 0 Å². The van der Waals surface area contributed by atoms with Gasteiger partial charge in [-0.05, 0) is 18.6 Å². The molecule has 0 N–H and O–H groups in total. The third kappa shape index (κ3) is 1.82. The maximum Gasteiger partial charge on any atom is 0.0776 e. The molecule has 2 rings (SSSR count). The molecule has 0 aliphatic heterocycles. The smallest absolute Gasteiger partial charge is 0.0776 e. The number of hydrogen-bond acceptors (Lipinski definition) is 1. The van der Waals surface area contributed by atoms with Crippen molar-refractivity contribution in [2.24, 2.45) is 0 Å². The molecule has 1 heterocycles. The van der Waals surface area contributed by atoms with Crippen LogP contribution >= 0.6 is 0 Å². The van der Waals surface area contributed by atoms with E-state index in [1.165, 1.54) is 11.1 Å². The number of aryl methyl sites for hydroxylation is 1. The van der Waals surface area contributed by atoms with Crippen LogP contribution in [0.4, 0.5) is 0 Å². The first kappa shape index (κ1) is 9.66. The van der Waals surface area contributed by atoms with Gasteiger partial charge >= 0.3 is 0 Å². The first-order chi connectivity index (χ1) is 7.33. The Labute approximate surface area is 90.1 Å². The van der Waals surface area contributed by atoms with Crippen LogP contribution in [0.25, 0.3) is 17.3 Å². The van der Waals surface area contributed by atoms with Crippen LogP contribution in [0.5, 0.6) is 0 Å². The maximum absolute atomic E-state index is 4.41. The van der Waals surface area contributed by atoms with Crippen molar-refractivity contribution in [1.29, 1.82) is 0 Å². The molecular formula is C14H13N.